The van der Waals surface area contributed by atoms with Gasteiger partial charge in [0.1, 0.15) is 0 Å². The van der Waals surface area contributed by atoms with E-state index in [0.29, 0.717) is 23.9 Å². The number of benzene rings is 1. The van der Waals surface area contributed by atoms with Crippen LogP contribution in [0.5, 0.6) is 0 Å². The average molecular weight is 368 g/mol. The van der Waals surface area contributed by atoms with Crippen LogP contribution in [-0.2, 0) is 21.3 Å². The summed E-state index contributed by atoms with van der Waals surface area (Å²) in [5.41, 5.74) is 1.12. The maximum absolute atomic E-state index is 12.9. The first-order valence-electron chi connectivity index (χ1n) is 8.99. The highest BCUT2D eigenvalue weighted by molar-refractivity contribution is 7.89. The van der Waals surface area contributed by atoms with E-state index in [1.807, 2.05) is 26.2 Å². The molecule has 6 nitrogen and oxygen atoms in total. The Balaban J connectivity index is 1.60. The predicted molar refractivity (Wildman–Crippen MR) is 98.0 cm³/mol. The minimum atomic E-state index is -3.38. The van der Waals surface area contributed by atoms with Gasteiger partial charge in [-0.2, -0.15) is 4.31 Å². The van der Waals surface area contributed by atoms with E-state index in [0.717, 1.165) is 51.4 Å². The topological polar surface area (TPSA) is 53.1 Å². The Bertz CT molecular complexity index is 655. The zero-order chi connectivity index (χ0) is 17.9. The fourth-order valence-corrected chi connectivity index (χ4v) is 5.13. The molecule has 1 unspecified atom stereocenters. The number of hydrogen-bond acceptors (Lipinski definition) is 5. The molecule has 0 bridgehead atoms. The molecule has 2 fully saturated rings. The number of rotatable bonds is 6. The van der Waals surface area contributed by atoms with Crippen molar-refractivity contribution < 1.29 is 13.2 Å². The van der Waals surface area contributed by atoms with Gasteiger partial charge in [0.15, 0.2) is 0 Å². The standard InChI is InChI=1S/C18H29N3O3S/c1-19(2)13-16-3-5-18(6-4-16)25(22,23)21-8-7-17(15-21)14-20-9-11-24-12-10-20/h3-6,17H,7-15H2,1-2H3. The Hall–Kier alpha value is -0.990. The molecule has 0 spiro atoms. The summed E-state index contributed by atoms with van der Waals surface area (Å²) < 4.78 is 32.8. The van der Waals surface area contributed by atoms with Gasteiger partial charge in [-0.3, -0.25) is 4.90 Å². The molecule has 2 saturated heterocycles. The highest BCUT2D eigenvalue weighted by Crippen LogP contribution is 2.25. The summed E-state index contributed by atoms with van der Waals surface area (Å²) >= 11 is 0. The van der Waals surface area contributed by atoms with Crippen LogP contribution in [-0.4, -0.2) is 82.6 Å². The van der Waals surface area contributed by atoms with Gasteiger partial charge in [0.05, 0.1) is 18.1 Å². The van der Waals surface area contributed by atoms with Gasteiger partial charge in [0, 0.05) is 39.3 Å². The van der Waals surface area contributed by atoms with Gasteiger partial charge in [-0.05, 0) is 44.1 Å². The van der Waals surface area contributed by atoms with Gasteiger partial charge in [-0.25, -0.2) is 8.42 Å². The highest BCUT2D eigenvalue weighted by atomic mass is 32.2. The van der Waals surface area contributed by atoms with Crippen molar-refractivity contribution in [1.29, 1.82) is 0 Å². The quantitative estimate of drug-likeness (QED) is 0.753. The van der Waals surface area contributed by atoms with E-state index in [1.165, 1.54) is 0 Å². The van der Waals surface area contributed by atoms with Crippen molar-refractivity contribution in [1.82, 2.24) is 14.1 Å². The summed E-state index contributed by atoms with van der Waals surface area (Å²) in [6, 6.07) is 7.30. The lowest BCUT2D eigenvalue weighted by Gasteiger charge is -2.29. The van der Waals surface area contributed by atoms with Crippen molar-refractivity contribution in [3.63, 3.8) is 0 Å². The van der Waals surface area contributed by atoms with Crippen LogP contribution in [0.1, 0.15) is 12.0 Å². The van der Waals surface area contributed by atoms with Crippen LogP contribution < -0.4 is 0 Å². The zero-order valence-corrected chi connectivity index (χ0v) is 16.0. The van der Waals surface area contributed by atoms with E-state index in [4.69, 9.17) is 4.74 Å². The lowest BCUT2D eigenvalue weighted by molar-refractivity contribution is 0.0316. The fraction of sp³-hybridized carbons (Fsp3) is 0.667. The largest absolute Gasteiger partial charge is 0.379 e. The molecule has 0 saturated carbocycles. The molecule has 0 N–H and O–H groups in total. The van der Waals surface area contributed by atoms with Crippen molar-refractivity contribution in [2.24, 2.45) is 5.92 Å². The Labute approximate surface area is 151 Å². The molecule has 140 valence electrons. The number of nitrogens with zero attached hydrogens (tertiary/aromatic N) is 3. The molecule has 1 atom stereocenters. The van der Waals surface area contributed by atoms with E-state index >= 15 is 0 Å². The van der Waals surface area contributed by atoms with Gasteiger partial charge in [-0.15, -0.1) is 0 Å². The van der Waals surface area contributed by atoms with Crippen molar-refractivity contribution in [2.45, 2.75) is 17.9 Å². The van der Waals surface area contributed by atoms with Crippen LogP contribution in [0.3, 0.4) is 0 Å². The molecule has 0 aromatic heterocycles. The third-order valence-corrected chi connectivity index (χ3v) is 6.81. The van der Waals surface area contributed by atoms with E-state index in [2.05, 4.69) is 9.80 Å². The number of morpholine rings is 1. The maximum atomic E-state index is 12.9. The van der Waals surface area contributed by atoms with Crippen molar-refractivity contribution in [3.8, 4) is 0 Å². The van der Waals surface area contributed by atoms with Gasteiger partial charge < -0.3 is 9.64 Å². The molecule has 3 rings (SSSR count). The first-order chi connectivity index (χ1) is 11.9. The van der Waals surface area contributed by atoms with Crippen LogP contribution in [0.4, 0.5) is 0 Å². The van der Waals surface area contributed by atoms with Crippen LogP contribution in [0.25, 0.3) is 0 Å². The Kier molecular flexibility index (Phi) is 6.12. The third-order valence-electron chi connectivity index (χ3n) is 4.93. The molecule has 2 aliphatic rings. The number of sulfonamides is 1. The highest BCUT2D eigenvalue weighted by Gasteiger charge is 2.33. The molecule has 0 amide bonds. The van der Waals surface area contributed by atoms with E-state index in [1.54, 1.807) is 16.4 Å². The summed E-state index contributed by atoms with van der Waals surface area (Å²) in [6.07, 6.45) is 0.940. The Morgan fingerprint density at radius 2 is 1.80 bits per heavy atom. The molecule has 2 aliphatic heterocycles. The molecule has 25 heavy (non-hydrogen) atoms. The van der Waals surface area contributed by atoms with Gasteiger partial charge in [0.25, 0.3) is 0 Å². The molecule has 1 aromatic rings. The second kappa shape index (κ2) is 8.14. The number of hydrogen-bond donors (Lipinski definition) is 0. The van der Waals surface area contributed by atoms with E-state index in [9.17, 15) is 8.42 Å². The Morgan fingerprint density at radius 1 is 1.12 bits per heavy atom. The summed E-state index contributed by atoms with van der Waals surface area (Å²) in [6.45, 7) is 6.51. The van der Waals surface area contributed by atoms with Crippen molar-refractivity contribution in [2.75, 3.05) is 60.0 Å². The van der Waals surface area contributed by atoms with E-state index in [-0.39, 0.29) is 0 Å². The average Bonchev–Trinajstić information content (AvgIpc) is 3.05. The van der Waals surface area contributed by atoms with Crippen LogP contribution in [0.15, 0.2) is 29.2 Å². The van der Waals surface area contributed by atoms with Crippen molar-refractivity contribution >= 4 is 10.0 Å². The minimum absolute atomic E-state index is 0.405. The fourth-order valence-electron chi connectivity index (χ4n) is 3.59. The van der Waals surface area contributed by atoms with Gasteiger partial charge in [-0.1, -0.05) is 12.1 Å². The normalized spacial score (nSPS) is 23.4. The monoisotopic (exact) mass is 367 g/mol. The molecule has 2 heterocycles. The summed E-state index contributed by atoms with van der Waals surface area (Å²) in [5.74, 6) is 0.417. The summed E-state index contributed by atoms with van der Waals surface area (Å²) in [4.78, 5) is 4.86. The maximum Gasteiger partial charge on any atom is 0.243 e. The lowest BCUT2D eigenvalue weighted by Crippen LogP contribution is -2.40. The Morgan fingerprint density at radius 3 is 2.44 bits per heavy atom. The first kappa shape index (κ1) is 18.8. The second-order valence-electron chi connectivity index (χ2n) is 7.31. The third kappa shape index (κ3) is 4.80. The predicted octanol–water partition coefficient (Wildman–Crippen LogP) is 1.09. The molecular weight excluding hydrogens is 338 g/mol. The van der Waals surface area contributed by atoms with E-state index < -0.39 is 10.0 Å². The van der Waals surface area contributed by atoms with Crippen LogP contribution in [0, 0.1) is 5.92 Å². The van der Waals surface area contributed by atoms with Gasteiger partial charge >= 0.3 is 0 Å². The molecule has 7 heteroatoms. The summed E-state index contributed by atoms with van der Waals surface area (Å²) in [7, 11) is 0.626. The summed E-state index contributed by atoms with van der Waals surface area (Å²) in [5, 5.41) is 0. The SMILES string of the molecule is CN(C)Cc1ccc(S(=O)(=O)N2CCC(CN3CCOCC3)C2)cc1. The molecule has 0 radical (unpaired) electrons. The van der Waals surface area contributed by atoms with Crippen molar-refractivity contribution in [3.05, 3.63) is 29.8 Å². The van der Waals surface area contributed by atoms with Gasteiger partial charge in [0.2, 0.25) is 10.0 Å². The first-order valence-corrected chi connectivity index (χ1v) is 10.4. The lowest BCUT2D eigenvalue weighted by atomic mass is 10.1. The minimum Gasteiger partial charge on any atom is -0.379 e. The molecule has 1 aromatic carbocycles. The molecular formula is C18H29N3O3S. The number of ether oxygens (including phenoxy) is 1. The second-order valence-corrected chi connectivity index (χ2v) is 9.25. The smallest absolute Gasteiger partial charge is 0.243 e. The zero-order valence-electron chi connectivity index (χ0n) is 15.2. The van der Waals surface area contributed by atoms with Crippen LogP contribution in [0.2, 0.25) is 0 Å². The van der Waals surface area contributed by atoms with Crippen LogP contribution >= 0.6 is 0 Å². The molecule has 0 aliphatic carbocycles.